The van der Waals surface area contributed by atoms with Gasteiger partial charge in [-0.25, -0.2) is 8.42 Å². The lowest BCUT2D eigenvalue weighted by Gasteiger charge is -2.37. The molecule has 1 atom stereocenters. The SMILES string of the molecule is CCC(Cl)C(=O)NCC1(O)CCN(S(=O)(=O)c2ccc(Br)cc2)CC1. The normalized spacial score (nSPS) is 19.4. The maximum atomic E-state index is 12.6. The van der Waals surface area contributed by atoms with E-state index < -0.39 is 21.0 Å². The van der Waals surface area contributed by atoms with Gasteiger partial charge in [-0.15, -0.1) is 11.6 Å². The fourth-order valence-corrected chi connectivity index (χ4v) is 4.41. The number of sulfonamides is 1. The van der Waals surface area contributed by atoms with E-state index in [9.17, 15) is 18.3 Å². The molecule has 1 aliphatic heterocycles. The van der Waals surface area contributed by atoms with E-state index in [0.717, 1.165) is 4.47 Å². The van der Waals surface area contributed by atoms with Crippen molar-refractivity contribution < 1.29 is 18.3 Å². The second kappa shape index (κ2) is 8.35. The zero-order chi connectivity index (χ0) is 18.7. The molecule has 0 bridgehead atoms. The van der Waals surface area contributed by atoms with Crippen LogP contribution in [0, 0.1) is 0 Å². The molecule has 0 saturated carbocycles. The third-order valence-corrected chi connectivity index (χ3v) is 7.29. The van der Waals surface area contributed by atoms with Crippen molar-refractivity contribution in [3.8, 4) is 0 Å². The van der Waals surface area contributed by atoms with Crippen molar-refractivity contribution >= 4 is 43.5 Å². The lowest BCUT2D eigenvalue weighted by atomic mass is 9.92. The summed E-state index contributed by atoms with van der Waals surface area (Å²) in [5, 5.41) is 12.6. The van der Waals surface area contributed by atoms with Gasteiger partial charge in [-0.05, 0) is 43.5 Å². The molecular weight excluding hydrogens is 432 g/mol. The number of nitrogens with one attached hydrogen (secondary N) is 1. The number of amides is 1. The first kappa shape index (κ1) is 20.6. The monoisotopic (exact) mass is 452 g/mol. The minimum Gasteiger partial charge on any atom is -0.388 e. The maximum absolute atomic E-state index is 12.6. The number of carbonyl (C=O) groups excluding carboxylic acids is 1. The van der Waals surface area contributed by atoms with Gasteiger partial charge in [0.25, 0.3) is 0 Å². The minimum absolute atomic E-state index is 0.0707. The van der Waals surface area contributed by atoms with Crippen LogP contribution in [0.15, 0.2) is 33.6 Å². The number of piperidine rings is 1. The molecule has 1 fully saturated rings. The Morgan fingerprint density at radius 2 is 1.92 bits per heavy atom. The van der Waals surface area contributed by atoms with E-state index in [-0.39, 0.29) is 43.3 Å². The lowest BCUT2D eigenvalue weighted by Crippen LogP contribution is -2.52. The Morgan fingerprint density at radius 3 is 2.44 bits per heavy atom. The molecule has 140 valence electrons. The van der Waals surface area contributed by atoms with Gasteiger partial charge in [-0.3, -0.25) is 4.79 Å². The van der Waals surface area contributed by atoms with Gasteiger partial charge in [0.05, 0.1) is 10.5 Å². The molecule has 0 aliphatic carbocycles. The van der Waals surface area contributed by atoms with Crippen LogP contribution in [0.3, 0.4) is 0 Å². The van der Waals surface area contributed by atoms with E-state index in [4.69, 9.17) is 11.6 Å². The van der Waals surface area contributed by atoms with Crippen LogP contribution in [0.4, 0.5) is 0 Å². The van der Waals surface area contributed by atoms with Gasteiger partial charge in [0.1, 0.15) is 5.38 Å². The van der Waals surface area contributed by atoms with E-state index in [1.165, 1.54) is 4.31 Å². The van der Waals surface area contributed by atoms with E-state index in [2.05, 4.69) is 21.2 Å². The number of hydrogen-bond donors (Lipinski definition) is 2. The second-order valence-electron chi connectivity index (χ2n) is 6.18. The molecule has 1 saturated heterocycles. The highest BCUT2D eigenvalue weighted by Gasteiger charge is 2.37. The van der Waals surface area contributed by atoms with E-state index in [0.29, 0.717) is 6.42 Å². The molecule has 25 heavy (non-hydrogen) atoms. The molecule has 1 amide bonds. The summed E-state index contributed by atoms with van der Waals surface area (Å²) in [4.78, 5) is 12.0. The minimum atomic E-state index is -3.58. The number of benzene rings is 1. The van der Waals surface area contributed by atoms with Crippen LogP contribution in [0.5, 0.6) is 0 Å². The standard InChI is InChI=1S/C16H22BrClN2O4S/c1-2-14(18)15(21)19-11-16(22)7-9-20(10-8-16)25(23,24)13-5-3-12(17)4-6-13/h3-6,14,22H,2,7-11H2,1H3,(H,19,21). The Hall–Kier alpha value is -0.670. The number of rotatable bonds is 6. The van der Waals surface area contributed by atoms with Crippen LogP contribution in [0.1, 0.15) is 26.2 Å². The molecular formula is C16H22BrClN2O4S. The maximum Gasteiger partial charge on any atom is 0.243 e. The zero-order valence-electron chi connectivity index (χ0n) is 13.9. The number of aliphatic hydroxyl groups is 1. The van der Waals surface area contributed by atoms with Gasteiger partial charge >= 0.3 is 0 Å². The second-order valence-corrected chi connectivity index (χ2v) is 9.56. The Kier molecular flexibility index (Phi) is 6.89. The van der Waals surface area contributed by atoms with Crippen LogP contribution in [-0.2, 0) is 14.8 Å². The number of nitrogens with zero attached hydrogens (tertiary/aromatic N) is 1. The highest BCUT2D eigenvalue weighted by Crippen LogP contribution is 2.27. The van der Waals surface area contributed by atoms with Crippen LogP contribution in [-0.4, -0.2) is 54.3 Å². The highest BCUT2D eigenvalue weighted by atomic mass is 79.9. The predicted molar refractivity (Wildman–Crippen MR) is 100 cm³/mol. The van der Waals surface area contributed by atoms with Crippen molar-refractivity contribution in [2.24, 2.45) is 0 Å². The average Bonchev–Trinajstić information content (AvgIpc) is 2.60. The molecule has 2 N–H and O–H groups in total. The molecule has 0 aromatic heterocycles. The van der Waals surface area contributed by atoms with Gasteiger partial charge in [-0.1, -0.05) is 22.9 Å². The third-order valence-electron chi connectivity index (χ3n) is 4.34. The quantitative estimate of drug-likeness (QED) is 0.646. The van der Waals surface area contributed by atoms with Crippen LogP contribution in [0.25, 0.3) is 0 Å². The Balaban J connectivity index is 1.96. The van der Waals surface area contributed by atoms with Crippen molar-refractivity contribution in [2.75, 3.05) is 19.6 Å². The van der Waals surface area contributed by atoms with Gasteiger partial charge in [0.2, 0.25) is 15.9 Å². The molecule has 1 aromatic rings. The van der Waals surface area contributed by atoms with E-state index in [1.54, 1.807) is 31.2 Å². The smallest absolute Gasteiger partial charge is 0.243 e. The van der Waals surface area contributed by atoms with Gasteiger partial charge < -0.3 is 10.4 Å². The molecule has 1 aliphatic rings. The Morgan fingerprint density at radius 1 is 1.36 bits per heavy atom. The van der Waals surface area contributed by atoms with Gasteiger partial charge in [0.15, 0.2) is 0 Å². The number of alkyl halides is 1. The summed E-state index contributed by atoms with van der Waals surface area (Å²) in [5.74, 6) is -0.317. The van der Waals surface area contributed by atoms with E-state index in [1.807, 2.05) is 0 Å². The third kappa shape index (κ3) is 5.17. The molecule has 6 nitrogen and oxygen atoms in total. The van der Waals surface area contributed by atoms with Gasteiger partial charge in [-0.2, -0.15) is 4.31 Å². The number of carbonyl (C=O) groups is 1. The van der Waals surface area contributed by atoms with Crippen LogP contribution >= 0.6 is 27.5 Å². The zero-order valence-corrected chi connectivity index (χ0v) is 17.1. The fraction of sp³-hybridized carbons (Fsp3) is 0.562. The van der Waals surface area contributed by atoms with Gasteiger partial charge in [0, 0.05) is 24.1 Å². The lowest BCUT2D eigenvalue weighted by molar-refractivity contribution is -0.122. The number of halogens is 2. The first-order valence-corrected chi connectivity index (χ1v) is 10.7. The van der Waals surface area contributed by atoms with E-state index >= 15 is 0 Å². The number of hydrogen-bond acceptors (Lipinski definition) is 4. The first-order valence-electron chi connectivity index (χ1n) is 8.08. The van der Waals surface area contributed by atoms with Crippen molar-refractivity contribution in [1.82, 2.24) is 9.62 Å². The summed E-state index contributed by atoms with van der Waals surface area (Å²) in [6.07, 6.45) is 1.01. The predicted octanol–water partition coefficient (Wildman–Crippen LogP) is 2.10. The molecule has 0 spiro atoms. The summed E-state index contributed by atoms with van der Waals surface area (Å²) in [6, 6.07) is 6.45. The Bertz CT molecular complexity index is 703. The van der Waals surface area contributed by atoms with Crippen molar-refractivity contribution in [1.29, 1.82) is 0 Å². The molecule has 1 aromatic carbocycles. The first-order chi connectivity index (χ1) is 11.7. The topological polar surface area (TPSA) is 86.7 Å². The summed E-state index contributed by atoms with van der Waals surface area (Å²) >= 11 is 9.14. The summed E-state index contributed by atoms with van der Waals surface area (Å²) < 4.78 is 27.5. The highest BCUT2D eigenvalue weighted by molar-refractivity contribution is 9.10. The molecule has 1 unspecified atom stereocenters. The molecule has 2 rings (SSSR count). The van der Waals surface area contributed by atoms with Crippen LogP contribution in [0.2, 0.25) is 0 Å². The largest absolute Gasteiger partial charge is 0.388 e. The molecule has 1 heterocycles. The molecule has 0 radical (unpaired) electrons. The fourth-order valence-electron chi connectivity index (χ4n) is 2.62. The average molecular weight is 454 g/mol. The molecule has 9 heteroatoms. The van der Waals surface area contributed by atoms with Crippen molar-refractivity contribution in [3.05, 3.63) is 28.7 Å². The summed E-state index contributed by atoms with van der Waals surface area (Å²) in [7, 11) is -3.58. The summed E-state index contributed by atoms with van der Waals surface area (Å²) in [5.41, 5.74) is -1.12. The Labute approximate surface area is 161 Å². The van der Waals surface area contributed by atoms with Crippen molar-refractivity contribution in [3.63, 3.8) is 0 Å². The summed E-state index contributed by atoms with van der Waals surface area (Å²) in [6.45, 7) is 2.27. The van der Waals surface area contributed by atoms with Crippen molar-refractivity contribution in [2.45, 2.75) is 42.1 Å². The van der Waals surface area contributed by atoms with Crippen LogP contribution < -0.4 is 5.32 Å².